The number of aromatic nitrogens is 2. The standard InChI is InChI=1S/C11H19N3/c1-6-12-11-8(4)9(5)13-10(14-11)7(2)3/h7H,6H2,1-5H3,(H,12,13,14). The summed E-state index contributed by atoms with van der Waals surface area (Å²) in [4.78, 5) is 8.96. The van der Waals surface area contributed by atoms with Crippen molar-refractivity contribution in [1.82, 2.24) is 9.97 Å². The van der Waals surface area contributed by atoms with Crippen molar-refractivity contribution in [1.29, 1.82) is 0 Å². The van der Waals surface area contributed by atoms with Gasteiger partial charge in [-0.05, 0) is 20.8 Å². The Balaban J connectivity index is 3.14. The minimum absolute atomic E-state index is 0.381. The molecule has 0 amide bonds. The van der Waals surface area contributed by atoms with Crippen LogP contribution in [-0.2, 0) is 0 Å². The van der Waals surface area contributed by atoms with Crippen molar-refractivity contribution >= 4 is 5.82 Å². The van der Waals surface area contributed by atoms with Crippen LogP contribution >= 0.6 is 0 Å². The maximum atomic E-state index is 4.50. The average Bonchev–Trinajstić information content (AvgIpc) is 2.12. The zero-order valence-electron chi connectivity index (χ0n) is 9.68. The van der Waals surface area contributed by atoms with Crippen LogP contribution < -0.4 is 5.32 Å². The van der Waals surface area contributed by atoms with Gasteiger partial charge in [-0.15, -0.1) is 0 Å². The Labute approximate surface area is 86.0 Å². The third kappa shape index (κ3) is 2.22. The molecule has 1 aromatic heterocycles. The zero-order valence-corrected chi connectivity index (χ0v) is 9.68. The molecule has 0 aliphatic heterocycles. The summed E-state index contributed by atoms with van der Waals surface area (Å²) in [5, 5.41) is 3.26. The second kappa shape index (κ2) is 4.40. The van der Waals surface area contributed by atoms with Crippen molar-refractivity contribution in [2.75, 3.05) is 11.9 Å². The van der Waals surface area contributed by atoms with Gasteiger partial charge in [0.25, 0.3) is 0 Å². The normalized spacial score (nSPS) is 10.7. The van der Waals surface area contributed by atoms with Gasteiger partial charge in [-0.1, -0.05) is 13.8 Å². The molecular formula is C11H19N3. The van der Waals surface area contributed by atoms with Crippen LogP contribution in [0.1, 0.15) is 43.8 Å². The van der Waals surface area contributed by atoms with Crippen LogP contribution in [0.15, 0.2) is 0 Å². The molecule has 0 unspecified atom stereocenters. The van der Waals surface area contributed by atoms with E-state index < -0.39 is 0 Å². The van der Waals surface area contributed by atoms with E-state index in [9.17, 15) is 0 Å². The van der Waals surface area contributed by atoms with E-state index in [4.69, 9.17) is 0 Å². The summed E-state index contributed by atoms with van der Waals surface area (Å²) in [5.41, 5.74) is 2.22. The molecule has 0 aromatic carbocycles. The van der Waals surface area contributed by atoms with E-state index in [1.54, 1.807) is 0 Å². The summed E-state index contributed by atoms with van der Waals surface area (Å²) >= 11 is 0. The number of nitrogens with one attached hydrogen (secondary N) is 1. The maximum Gasteiger partial charge on any atom is 0.133 e. The molecule has 0 fully saturated rings. The van der Waals surface area contributed by atoms with Gasteiger partial charge < -0.3 is 5.32 Å². The lowest BCUT2D eigenvalue weighted by atomic mass is 10.2. The van der Waals surface area contributed by atoms with Crippen molar-refractivity contribution < 1.29 is 0 Å². The molecular weight excluding hydrogens is 174 g/mol. The number of hydrogen-bond donors (Lipinski definition) is 1. The molecule has 14 heavy (non-hydrogen) atoms. The van der Waals surface area contributed by atoms with E-state index in [0.717, 1.165) is 29.4 Å². The molecule has 0 bridgehead atoms. The smallest absolute Gasteiger partial charge is 0.133 e. The Morgan fingerprint density at radius 2 is 1.86 bits per heavy atom. The highest BCUT2D eigenvalue weighted by Gasteiger charge is 2.09. The van der Waals surface area contributed by atoms with Crippen molar-refractivity contribution in [2.24, 2.45) is 0 Å². The number of nitrogens with zero attached hydrogens (tertiary/aromatic N) is 2. The summed E-state index contributed by atoms with van der Waals surface area (Å²) in [5.74, 6) is 2.28. The molecule has 0 spiro atoms. The van der Waals surface area contributed by atoms with Crippen molar-refractivity contribution in [3.63, 3.8) is 0 Å². The topological polar surface area (TPSA) is 37.8 Å². The first-order chi connectivity index (χ1) is 6.56. The summed E-state index contributed by atoms with van der Waals surface area (Å²) in [7, 11) is 0. The van der Waals surface area contributed by atoms with Crippen LogP contribution in [0, 0.1) is 13.8 Å². The Hall–Kier alpha value is -1.12. The summed E-state index contributed by atoms with van der Waals surface area (Å²) in [6, 6.07) is 0. The molecule has 0 aliphatic rings. The van der Waals surface area contributed by atoms with Gasteiger partial charge in [0.2, 0.25) is 0 Å². The first-order valence-corrected chi connectivity index (χ1v) is 5.15. The molecule has 0 saturated heterocycles. The molecule has 0 aliphatic carbocycles. The first-order valence-electron chi connectivity index (χ1n) is 5.15. The Morgan fingerprint density at radius 1 is 1.21 bits per heavy atom. The van der Waals surface area contributed by atoms with E-state index in [1.807, 2.05) is 6.92 Å². The zero-order chi connectivity index (χ0) is 10.7. The van der Waals surface area contributed by atoms with Gasteiger partial charge in [-0.2, -0.15) is 0 Å². The highest BCUT2D eigenvalue weighted by molar-refractivity contribution is 5.45. The SMILES string of the molecule is CCNc1nc(C(C)C)nc(C)c1C. The number of rotatable bonds is 3. The van der Waals surface area contributed by atoms with Crippen molar-refractivity contribution in [2.45, 2.75) is 40.5 Å². The van der Waals surface area contributed by atoms with Crippen LogP contribution in [0.25, 0.3) is 0 Å². The number of anilines is 1. The predicted octanol–water partition coefficient (Wildman–Crippen LogP) is 2.65. The summed E-state index contributed by atoms with van der Waals surface area (Å²) in [6.45, 7) is 11.3. The van der Waals surface area contributed by atoms with E-state index in [0.29, 0.717) is 5.92 Å². The predicted molar refractivity (Wildman–Crippen MR) is 59.8 cm³/mol. The largest absolute Gasteiger partial charge is 0.370 e. The monoisotopic (exact) mass is 193 g/mol. The molecule has 1 N–H and O–H groups in total. The molecule has 0 radical (unpaired) electrons. The van der Waals surface area contributed by atoms with Crippen LogP contribution in [0.5, 0.6) is 0 Å². The van der Waals surface area contributed by atoms with Crippen molar-refractivity contribution in [3.8, 4) is 0 Å². The average molecular weight is 193 g/mol. The van der Waals surface area contributed by atoms with Crippen LogP contribution in [0.3, 0.4) is 0 Å². The van der Waals surface area contributed by atoms with Crippen LogP contribution in [0.2, 0.25) is 0 Å². The van der Waals surface area contributed by atoms with E-state index in [-0.39, 0.29) is 0 Å². The molecule has 0 atom stereocenters. The molecule has 78 valence electrons. The fourth-order valence-corrected chi connectivity index (χ4v) is 1.25. The van der Waals surface area contributed by atoms with Gasteiger partial charge in [-0.25, -0.2) is 9.97 Å². The third-order valence-corrected chi connectivity index (χ3v) is 2.27. The molecule has 0 saturated carbocycles. The van der Waals surface area contributed by atoms with E-state index in [2.05, 4.69) is 43.0 Å². The lowest BCUT2D eigenvalue weighted by molar-refractivity contribution is 0.763. The number of hydrogen-bond acceptors (Lipinski definition) is 3. The van der Waals surface area contributed by atoms with Crippen molar-refractivity contribution in [3.05, 3.63) is 17.1 Å². The lowest BCUT2D eigenvalue weighted by Gasteiger charge is -2.12. The van der Waals surface area contributed by atoms with Gasteiger partial charge in [0.05, 0.1) is 0 Å². The first kappa shape index (κ1) is 11.0. The highest BCUT2D eigenvalue weighted by Crippen LogP contribution is 2.18. The molecule has 1 heterocycles. The summed E-state index contributed by atoms with van der Waals surface area (Å²) in [6.07, 6.45) is 0. The fourth-order valence-electron chi connectivity index (χ4n) is 1.25. The van der Waals surface area contributed by atoms with E-state index in [1.165, 1.54) is 0 Å². The minimum Gasteiger partial charge on any atom is -0.370 e. The third-order valence-electron chi connectivity index (χ3n) is 2.27. The molecule has 3 nitrogen and oxygen atoms in total. The van der Waals surface area contributed by atoms with Crippen LogP contribution in [0.4, 0.5) is 5.82 Å². The second-order valence-corrected chi connectivity index (χ2v) is 3.83. The Bertz CT molecular complexity index is 319. The minimum atomic E-state index is 0.381. The second-order valence-electron chi connectivity index (χ2n) is 3.83. The van der Waals surface area contributed by atoms with Gasteiger partial charge in [0.15, 0.2) is 0 Å². The molecule has 1 rings (SSSR count). The highest BCUT2D eigenvalue weighted by atomic mass is 15.0. The molecule has 3 heteroatoms. The Kier molecular flexibility index (Phi) is 3.44. The van der Waals surface area contributed by atoms with Gasteiger partial charge in [-0.3, -0.25) is 0 Å². The molecule has 1 aromatic rings. The van der Waals surface area contributed by atoms with E-state index >= 15 is 0 Å². The van der Waals surface area contributed by atoms with Crippen LogP contribution in [-0.4, -0.2) is 16.5 Å². The van der Waals surface area contributed by atoms with Gasteiger partial charge in [0.1, 0.15) is 11.6 Å². The fraction of sp³-hybridized carbons (Fsp3) is 0.636. The quantitative estimate of drug-likeness (QED) is 0.802. The number of aryl methyl sites for hydroxylation is 1. The van der Waals surface area contributed by atoms with Gasteiger partial charge >= 0.3 is 0 Å². The van der Waals surface area contributed by atoms with Gasteiger partial charge in [0, 0.05) is 23.7 Å². The maximum absolute atomic E-state index is 4.50. The Morgan fingerprint density at radius 3 is 2.36 bits per heavy atom. The summed E-state index contributed by atoms with van der Waals surface area (Å²) < 4.78 is 0. The lowest BCUT2D eigenvalue weighted by Crippen LogP contribution is -2.08.